The van der Waals surface area contributed by atoms with Crippen molar-refractivity contribution in [2.75, 3.05) is 0 Å². The van der Waals surface area contributed by atoms with E-state index in [0.29, 0.717) is 16.1 Å². The van der Waals surface area contributed by atoms with E-state index in [-0.39, 0.29) is 17.3 Å². The van der Waals surface area contributed by atoms with Crippen molar-refractivity contribution in [3.8, 4) is 11.5 Å². The van der Waals surface area contributed by atoms with Crippen molar-refractivity contribution in [1.82, 2.24) is 15.3 Å². The van der Waals surface area contributed by atoms with E-state index in [1.165, 1.54) is 30.7 Å². The predicted octanol–water partition coefficient (Wildman–Crippen LogP) is 2.83. The molecule has 0 amide bonds. The second-order valence-electron chi connectivity index (χ2n) is 5.84. The molecule has 1 aromatic carbocycles. The average molecular weight is 391 g/mol. The van der Waals surface area contributed by atoms with E-state index in [0.717, 1.165) is 12.1 Å². The van der Waals surface area contributed by atoms with Gasteiger partial charge in [0.2, 0.25) is 0 Å². The fraction of sp³-hybridized carbons (Fsp3) is 0.0588. The number of H-pyrrole nitrogens is 1. The number of aromatic nitrogens is 2. The van der Waals surface area contributed by atoms with E-state index in [1.807, 2.05) is 0 Å². The molecule has 2 aromatic heterocycles. The largest absolute Gasteiger partial charge is 0.450 e. The van der Waals surface area contributed by atoms with Crippen LogP contribution in [0.3, 0.4) is 0 Å². The predicted molar refractivity (Wildman–Crippen MR) is 97.3 cm³/mol. The van der Waals surface area contributed by atoms with Crippen LogP contribution in [0.1, 0.15) is 5.56 Å². The molecule has 6 N–H and O–H groups in total. The second kappa shape index (κ2) is 6.22. The fourth-order valence-corrected chi connectivity index (χ4v) is 2.99. The Kier molecular flexibility index (Phi) is 3.97. The molecule has 1 atom stereocenters. The molecule has 1 aliphatic rings. The van der Waals surface area contributed by atoms with Crippen molar-refractivity contribution in [2.24, 2.45) is 16.5 Å². The zero-order valence-corrected chi connectivity index (χ0v) is 14.4. The van der Waals surface area contributed by atoms with Crippen molar-refractivity contribution in [3.63, 3.8) is 0 Å². The standard InChI is InChI=1S/C17H13ClF2N6O/c18-9-7-25-15-13(9)12(1-3-23-15)27-14-10(19)5-8(6-11(14)20)17(22)2-4-24-16(21)26-17/h1-7H,22H2,(H,23,25)(H3,21,24,26). The molecule has 138 valence electrons. The van der Waals surface area contributed by atoms with Crippen molar-refractivity contribution >= 4 is 28.6 Å². The number of fused-ring (bicyclic) bond motifs is 1. The van der Waals surface area contributed by atoms with Gasteiger partial charge in [-0.2, -0.15) is 0 Å². The van der Waals surface area contributed by atoms with Crippen LogP contribution in [0.4, 0.5) is 8.78 Å². The summed E-state index contributed by atoms with van der Waals surface area (Å²) < 4.78 is 34.8. The summed E-state index contributed by atoms with van der Waals surface area (Å²) in [7, 11) is 0. The summed E-state index contributed by atoms with van der Waals surface area (Å²) >= 11 is 6.09. The van der Waals surface area contributed by atoms with Crippen molar-refractivity contribution in [1.29, 1.82) is 0 Å². The lowest BCUT2D eigenvalue weighted by molar-refractivity contribution is 0.407. The van der Waals surface area contributed by atoms with Gasteiger partial charge in [0.1, 0.15) is 11.4 Å². The number of ether oxygens (including phenoxy) is 1. The molecule has 3 aromatic rings. The van der Waals surface area contributed by atoms with E-state index < -0.39 is 23.0 Å². The molecule has 0 bridgehead atoms. The summed E-state index contributed by atoms with van der Waals surface area (Å²) in [6, 6.07) is 3.55. The highest BCUT2D eigenvalue weighted by molar-refractivity contribution is 6.36. The maximum atomic E-state index is 14.6. The van der Waals surface area contributed by atoms with Crippen LogP contribution in [0.5, 0.6) is 11.5 Å². The third-order valence-electron chi connectivity index (χ3n) is 4.03. The van der Waals surface area contributed by atoms with Crippen LogP contribution in [0.15, 0.2) is 47.9 Å². The van der Waals surface area contributed by atoms with E-state index in [1.54, 1.807) is 0 Å². The highest BCUT2D eigenvalue weighted by atomic mass is 35.5. The molecule has 0 fully saturated rings. The zero-order valence-electron chi connectivity index (χ0n) is 13.6. The van der Waals surface area contributed by atoms with Crippen LogP contribution in [0, 0.1) is 11.6 Å². The summed E-state index contributed by atoms with van der Waals surface area (Å²) in [5, 5.41) is 3.36. The number of nitrogens with one attached hydrogen (secondary N) is 2. The Morgan fingerprint density at radius 3 is 2.67 bits per heavy atom. The second-order valence-corrected chi connectivity index (χ2v) is 6.25. The Bertz CT molecular complexity index is 1090. The average Bonchev–Trinajstić information content (AvgIpc) is 3.00. The van der Waals surface area contributed by atoms with Crippen LogP contribution < -0.4 is 21.5 Å². The van der Waals surface area contributed by atoms with E-state index >= 15 is 0 Å². The van der Waals surface area contributed by atoms with Gasteiger partial charge >= 0.3 is 0 Å². The first-order chi connectivity index (χ1) is 12.9. The molecule has 0 aliphatic carbocycles. The van der Waals surface area contributed by atoms with Crippen LogP contribution in [-0.4, -0.2) is 15.9 Å². The number of aliphatic imine (C=N–C) groups is 1. The summed E-state index contributed by atoms with van der Waals surface area (Å²) in [5.41, 5.74) is 10.7. The summed E-state index contributed by atoms with van der Waals surface area (Å²) in [6.45, 7) is 0. The molecule has 0 spiro atoms. The summed E-state index contributed by atoms with van der Waals surface area (Å²) in [5.74, 6) is -2.31. The fourth-order valence-electron chi connectivity index (χ4n) is 2.76. The van der Waals surface area contributed by atoms with Gasteiger partial charge in [-0.25, -0.2) is 18.8 Å². The number of hydrogen-bond donors (Lipinski definition) is 4. The number of nitrogens with zero attached hydrogens (tertiary/aromatic N) is 2. The molecule has 0 radical (unpaired) electrons. The maximum absolute atomic E-state index is 14.6. The van der Waals surface area contributed by atoms with E-state index in [2.05, 4.69) is 20.3 Å². The highest BCUT2D eigenvalue weighted by Crippen LogP contribution is 2.37. The Balaban J connectivity index is 1.76. The zero-order chi connectivity index (χ0) is 19.2. The lowest BCUT2D eigenvalue weighted by Gasteiger charge is -2.26. The number of halogens is 3. The summed E-state index contributed by atoms with van der Waals surface area (Å²) in [4.78, 5) is 10.9. The number of pyridine rings is 1. The van der Waals surface area contributed by atoms with Gasteiger partial charge in [-0.05, 0) is 24.3 Å². The number of nitrogens with two attached hydrogens (primary N) is 2. The quantitative estimate of drug-likeness (QED) is 0.549. The van der Waals surface area contributed by atoms with Crippen LogP contribution in [0.2, 0.25) is 5.02 Å². The monoisotopic (exact) mass is 390 g/mol. The van der Waals surface area contributed by atoms with Gasteiger partial charge in [0.25, 0.3) is 0 Å². The number of aromatic amines is 1. The lowest BCUT2D eigenvalue weighted by Crippen LogP contribution is -2.42. The molecular formula is C17H13ClF2N6O. The van der Waals surface area contributed by atoms with Gasteiger partial charge in [-0.3, -0.25) is 5.73 Å². The van der Waals surface area contributed by atoms with Crippen molar-refractivity contribution in [3.05, 3.63) is 65.1 Å². The van der Waals surface area contributed by atoms with Gasteiger partial charge in [0.05, 0.1) is 10.4 Å². The highest BCUT2D eigenvalue weighted by Gasteiger charge is 2.29. The molecule has 10 heteroatoms. The number of guanidine groups is 1. The Labute approximate surface area is 156 Å². The van der Waals surface area contributed by atoms with Gasteiger partial charge in [0.15, 0.2) is 29.0 Å². The minimum Gasteiger partial charge on any atom is -0.450 e. The van der Waals surface area contributed by atoms with Gasteiger partial charge in [-0.15, -0.1) is 0 Å². The van der Waals surface area contributed by atoms with Gasteiger partial charge in [-0.1, -0.05) is 11.6 Å². The van der Waals surface area contributed by atoms with E-state index in [4.69, 9.17) is 27.8 Å². The van der Waals surface area contributed by atoms with Gasteiger partial charge in [0, 0.05) is 24.2 Å². The Morgan fingerprint density at radius 1 is 1.22 bits per heavy atom. The minimum atomic E-state index is -1.50. The molecule has 27 heavy (non-hydrogen) atoms. The van der Waals surface area contributed by atoms with Crippen LogP contribution >= 0.6 is 11.6 Å². The molecule has 0 saturated carbocycles. The molecular weight excluding hydrogens is 378 g/mol. The molecule has 3 heterocycles. The third kappa shape index (κ3) is 2.96. The third-order valence-corrected chi connectivity index (χ3v) is 4.33. The van der Waals surface area contributed by atoms with Crippen LogP contribution in [-0.2, 0) is 5.66 Å². The van der Waals surface area contributed by atoms with Crippen LogP contribution in [0.25, 0.3) is 11.0 Å². The summed E-state index contributed by atoms with van der Waals surface area (Å²) in [6.07, 6.45) is 5.82. The number of rotatable bonds is 3. The Morgan fingerprint density at radius 2 is 1.96 bits per heavy atom. The molecule has 4 rings (SSSR count). The Hall–Kier alpha value is -3.17. The molecule has 7 nitrogen and oxygen atoms in total. The van der Waals surface area contributed by atoms with Crippen molar-refractivity contribution < 1.29 is 13.5 Å². The number of hydrogen-bond acceptors (Lipinski definition) is 6. The van der Waals surface area contributed by atoms with E-state index in [9.17, 15) is 8.78 Å². The first kappa shape index (κ1) is 17.3. The normalized spacial score (nSPS) is 19.0. The SMILES string of the molecule is NC1=NC(N)(c2cc(F)c(Oc3ccnc4[nH]cc(Cl)c34)c(F)c2)C=CN1. The molecule has 1 unspecified atom stereocenters. The number of benzene rings is 1. The van der Waals surface area contributed by atoms with Gasteiger partial charge < -0.3 is 20.8 Å². The lowest BCUT2D eigenvalue weighted by atomic mass is 9.99. The maximum Gasteiger partial charge on any atom is 0.198 e. The smallest absolute Gasteiger partial charge is 0.198 e. The molecule has 0 saturated heterocycles. The first-order valence-electron chi connectivity index (χ1n) is 7.75. The first-order valence-corrected chi connectivity index (χ1v) is 8.12. The van der Waals surface area contributed by atoms with Crippen molar-refractivity contribution in [2.45, 2.75) is 5.66 Å². The topological polar surface area (TPSA) is 114 Å². The molecule has 1 aliphatic heterocycles. The minimum absolute atomic E-state index is 0.0300.